The minimum Gasteiger partial charge on any atom is -0.494 e. The number of hydrogen-bond donors (Lipinski definition) is 0. The average molecular weight is 227 g/mol. The lowest BCUT2D eigenvalue weighted by atomic mass is 10.1. The quantitative estimate of drug-likeness (QED) is 0.693. The molecule has 1 aromatic rings. The van der Waals surface area contributed by atoms with Crippen molar-refractivity contribution in [3.05, 3.63) is 29.6 Å². The van der Waals surface area contributed by atoms with Crippen molar-refractivity contribution >= 4 is 0 Å². The Balaban J connectivity index is 2.51. The highest BCUT2D eigenvalue weighted by Gasteiger charge is 2.04. The van der Waals surface area contributed by atoms with Gasteiger partial charge in [0.1, 0.15) is 0 Å². The van der Waals surface area contributed by atoms with Crippen molar-refractivity contribution in [3.8, 4) is 5.75 Å². The van der Waals surface area contributed by atoms with Gasteiger partial charge in [-0.15, -0.1) is 0 Å². The molecule has 0 saturated heterocycles. The smallest absolute Gasteiger partial charge is 0.165 e. The summed E-state index contributed by atoms with van der Waals surface area (Å²) in [4.78, 5) is 2.03. The molecular weight excluding hydrogens is 209 g/mol. The van der Waals surface area contributed by atoms with Crippen LogP contribution in [0, 0.1) is 5.82 Å². The summed E-state index contributed by atoms with van der Waals surface area (Å²) in [5.74, 6) is -0.0246. The molecule has 0 unspecified atom stereocenters. The summed E-state index contributed by atoms with van der Waals surface area (Å²) in [6.45, 7) is 1.41. The molecule has 0 saturated carbocycles. The zero-order valence-electron chi connectivity index (χ0n) is 10.00. The first kappa shape index (κ1) is 12.9. The van der Waals surface area contributed by atoms with E-state index in [1.54, 1.807) is 13.2 Å². The lowest BCUT2D eigenvalue weighted by Gasteiger charge is -2.15. The molecule has 1 aromatic carbocycles. The van der Waals surface area contributed by atoms with Crippen LogP contribution < -0.4 is 4.74 Å². The van der Waals surface area contributed by atoms with Gasteiger partial charge in [-0.25, -0.2) is 4.39 Å². The van der Waals surface area contributed by atoms with Crippen molar-refractivity contribution in [3.63, 3.8) is 0 Å². The SMILES string of the molecule is COCN(C)CCc1ccc(OC)c(F)c1. The fraction of sp³-hybridized carbons (Fsp3) is 0.500. The van der Waals surface area contributed by atoms with E-state index in [2.05, 4.69) is 0 Å². The Bertz CT molecular complexity index is 331. The number of hydrogen-bond acceptors (Lipinski definition) is 3. The summed E-state index contributed by atoms with van der Waals surface area (Å²) in [5.41, 5.74) is 0.959. The van der Waals surface area contributed by atoms with Crippen molar-refractivity contribution < 1.29 is 13.9 Å². The van der Waals surface area contributed by atoms with Gasteiger partial charge >= 0.3 is 0 Å². The van der Waals surface area contributed by atoms with Crippen molar-refractivity contribution in [2.24, 2.45) is 0 Å². The van der Waals surface area contributed by atoms with Crippen molar-refractivity contribution in [2.45, 2.75) is 6.42 Å². The van der Waals surface area contributed by atoms with E-state index in [9.17, 15) is 4.39 Å². The highest BCUT2D eigenvalue weighted by molar-refractivity contribution is 5.29. The molecule has 0 aliphatic rings. The van der Waals surface area contributed by atoms with Crippen LogP contribution in [0.4, 0.5) is 4.39 Å². The largest absolute Gasteiger partial charge is 0.494 e. The Kier molecular flexibility index (Phi) is 5.22. The van der Waals surface area contributed by atoms with Crippen LogP contribution in [0.15, 0.2) is 18.2 Å². The van der Waals surface area contributed by atoms with Gasteiger partial charge in [0.15, 0.2) is 11.6 Å². The van der Waals surface area contributed by atoms with Gasteiger partial charge in [0.25, 0.3) is 0 Å². The molecule has 3 nitrogen and oxygen atoms in total. The standard InChI is InChI=1S/C12H18FNO2/c1-14(9-15-2)7-6-10-4-5-12(16-3)11(13)8-10/h4-5,8H,6-7,9H2,1-3H3. The van der Waals surface area contributed by atoms with Gasteiger partial charge in [0, 0.05) is 13.7 Å². The minimum absolute atomic E-state index is 0.286. The van der Waals surface area contributed by atoms with Gasteiger partial charge < -0.3 is 9.47 Å². The Morgan fingerprint density at radius 1 is 1.31 bits per heavy atom. The van der Waals surface area contributed by atoms with E-state index in [1.165, 1.54) is 13.2 Å². The fourth-order valence-electron chi connectivity index (χ4n) is 1.47. The second kappa shape index (κ2) is 6.45. The molecule has 0 spiro atoms. The minimum atomic E-state index is -0.311. The van der Waals surface area contributed by atoms with E-state index in [1.807, 2.05) is 18.0 Å². The fourth-order valence-corrected chi connectivity index (χ4v) is 1.47. The predicted octanol–water partition coefficient (Wildman–Crippen LogP) is 1.91. The number of likely N-dealkylation sites (N-methyl/N-ethyl adjacent to an activating group) is 1. The molecule has 0 aromatic heterocycles. The van der Waals surface area contributed by atoms with E-state index in [0.717, 1.165) is 18.5 Å². The Morgan fingerprint density at radius 3 is 2.62 bits per heavy atom. The molecule has 0 aliphatic carbocycles. The second-order valence-corrected chi connectivity index (χ2v) is 3.72. The molecule has 4 heteroatoms. The first-order chi connectivity index (χ1) is 7.67. The van der Waals surface area contributed by atoms with Crippen molar-refractivity contribution in [1.82, 2.24) is 4.90 Å². The molecule has 90 valence electrons. The highest BCUT2D eigenvalue weighted by Crippen LogP contribution is 2.17. The molecule has 0 atom stereocenters. The molecule has 0 bridgehead atoms. The van der Waals surface area contributed by atoms with Crippen LogP contribution in [0.1, 0.15) is 5.56 Å². The van der Waals surface area contributed by atoms with Gasteiger partial charge in [-0.05, 0) is 31.2 Å². The summed E-state index contributed by atoms with van der Waals surface area (Å²) in [5, 5.41) is 0. The zero-order chi connectivity index (χ0) is 12.0. The highest BCUT2D eigenvalue weighted by atomic mass is 19.1. The monoisotopic (exact) mass is 227 g/mol. The van der Waals surface area contributed by atoms with E-state index >= 15 is 0 Å². The predicted molar refractivity (Wildman–Crippen MR) is 61.2 cm³/mol. The molecular formula is C12H18FNO2. The summed E-state index contributed by atoms with van der Waals surface area (Å²) in [6, 6.07) is 5.04. The maximum Gasteiger partial charge on any atom is 0.165 e. The van der Waals surface area contributed by atoms with Crippen LogP contribution in [-0.4, -0.2) is 39.4 Å². The zero-order valence-corrected chi connectivity index (χ0v) is 10.00. The third-order valence-corrected chi connectivity index (χ3v) is 2.35. The summed E-state index contributed by atoms with van der Waals surface area (Å²) < 4.78 is 23.2. The van der Waals surface area contributed by atoms with Crippen LogP contribution in [0.5, 0.6) is 5.75 Å². The molecule has 0 aliphatic heterocycles. The van der Waals surface area contributed by atoms with Crippen LogP contribution in [0.3, 0.4) is 0 Å². The number of nitrogens with zero attached hydrogens (tertiary/aromatic N) is 1. The Labute approximate surface area is 95.8 Å². The maximum atomic E-state index is 13.4. The Morgan fingerprint density at radius 2 is 2.06 bits per heavy atom. The van der Waals surface area contributed by atoms with Gasteiger partial charge in [-0.3, -0.25) is 4.90 Å². The summed E-state index contributed by atoms with van der Waals surface area (Å²) >= 11 is 0. The topological polar surface area (TPSA) is 21.7 Å². The molecule has 0 radical (unpaired) electrons. The van der Waals surface area contributed by atoms with Crippen molar-refractivity contribution in [1.29, 1.82) is 0 Å². The van der Waals surface area contributed by atoms with Gasteiger partial charge in [-0.1, -0.05) is 6.07 Å². The van der Waals surface area contributed by atoms with Gasteiger partial charge in [-0.2, -0.15) is 0 Å². The number of ether oxygens (including phenoxy) is 2. The first-order valence-corrected chi connectivity index (χ1v) is 5.17. The lowest BCUT2D eigenvalue weighted by Crippen LogP contribution is -2.23. The van der Waals surface area contributed by atoms with E-state index < -0.39 is 0 Å². The molecule has 0 fully saturated rings. The van der Waals surface area contributed by atoms with Gasteiger partial charge in [0.05, 0.1) is 13.8 Å². The summed E-state index contributed by atoms with van der Waals surface area (Å²) in [6.07, 6.45) is 0.792. The van der Waals surface area contributed by atoms with E-state index in [4.69, 9.17) is 9.47 Å². The van der Waals surface area contributed by atoms with E-state index in [-0.39, 0.29) is 11.6 Å². The molecule has 16 heavy (non-hydrogen) atoms. The lowest BCUT2D eigenvalue weighted by molar-refractivity contribution is 0.0827. The normalized spacial score (nSPS) is 10.8. The molecule has 0 N–H and O–H groups in total. The molecule has 1 rings (SSSR count). The van der Waals surface area contributed by atoms with Gasteiger partial charge in [0.2, 0.25) is 0 Å². The Hall–Kier alpha value is -1.13. The molecule has 0 heterocycles. The molecule has 0 amide bonds. The van der Waals surface area contributed by atoms with Crippen molar-refractivity contribution in [2.75, 3.05) is 34.5 Å². The average Bonchev–Trinajstić information content (AvgIpc) is 2.27. The van der Waals surface area contributed by atoms with Crippen LogP contribution >= 0.6 is 0 Å². The first-order valence-electron chi connectivity index (χ1n) is 5.17. The number of benzene rings is 1. The second-order valence-electron chi connectivity index (χ2n) is 3.72. The number of methoxy groups -OCH3 is 2. The number of rotatable bonds is 6. The third-order valence-electron chi connectivity index (χ3n) is 2.35. The van der Waals surface area contributed by atoms with Crippen LogP contribution in [-0.2, 0) is 11.2 Å². The number of halogens is 1. The summed E-state index contributed by atoms with van der Waals surface area (Å²) in [7, 11) is 5.08. The maximum absolute atomic E-state index is 13.4. The third kappa shape index (κ3) is 3.79. The van der Waals surface area contributed by atoms with E-state index in [0.29, 0.717) is 6.73 Å². The van der Waals surface area contributed by atoms with Crippen LogP contribution in [0.2, 0.25) is 0 Å². The van der Waals surface area contributed by atoms with Crippen LogP contribution in [0.25, 0.3) is 0 Å².